The summed E-state index contributed by atoms with van der Waals surface area (Å²) in [7, 11) is 0. The van der Waals surface area contributed by atoms with Crippen LogP contribution in [0.1, 0.15) is 15.9 Å². The Balaban J connectivity index is 2.19. The number of nitrogens with one attached hydrogen (secondary N) is 1. The molecule has 2 aromatic rings. The highest BCUT2D eigenvalue weighted by atomic mass is 79.9. The predicted octanol–water partition coefficient (Wildman–Crippen LogP) is 2.44. The first-order chi connectivity index (χ1) is 10.2. The first kappa shape index (κ1) is 14.9. The second-order valence-electron chi connectivity index (χ2n) is 3.94. The van der Waals surface area contributed by atoms with Gasteiger partial charge >= 0.3 is 0 Å². The van der Waals surface area contributed by atoms with E-state index in [-0.39, 0.29) is 0 Å². The molecular weight excluding hydrogens is 336 g/mol. The largest absolute Gasteiger partial charge is 0.411 e. The fourth-order valence-electron chi connectivity index (χ4n) is 1.54. The molecule has 0 bridgehead atoms. The van der Waals surface area contributed by atoms with Gasteiger partial charge in [0.25, 0.3) is 5.91 Å². The Morgan fingerprint density at radius 3 is 2.67 bits per heavy atom. The molecule has 1 aromatic heterocycles. The molecule has 0 atom stereocenters. The first-order valence-corrected chi connectivity index (χ1v) is 6.71. The van der Waals surface area contributed by atoms with Crippen molar-refractivity contribution in [3.63, 3.8) is 0 Å². The summed E-state index contributed by atoms with van der Waals surface area (Å²) in [5.41, 5.74) is 3.80. The lowest BCUT2D eigenvalue weighted by atomic mass is 10.1. The monoisotopic (exact) mass is 346 g/mol. The first-order valence-electron chi connectivity index (χ1n) is 5.92. The molecule has 0 radical (unpaired) electrons. The summed E-state index contributed by atoms with van der Waals surface area (Å²) in [5, 5.41) is 15.6. The Morgan fingerprint density at radius 1 is 1.24 bits per heavy atom. The SMILES string of the molecule is O=C(NN=C(C=NO)c1ccccc1)c1cncc(Br)c1. The summed E-state index contributed by atoms with van der Waals surface area (Å²) in [6, 6.07) is 10.7. The molecule has 0 fully saturated rings. The van der Waals surface area contributed by atoms with Gasteiger partial charge in [-0.15, -0.1) is 0 Å². The molecule has 0 saturated heterocycles. The molecule has 1 aromatic carbocycles. The van der Waals surface area contributed by atoms with Gasteiger partial charge in [0.05, 0.1) is 11.8 Å². The van der Waals surface area contributed by atoms with Crippen molar-refractivity contribution in [3.8, 4) is 0 Å². The van der Waals surface area contributed by atoms with Crippen LogP contribution in [-0.2, 0) is 0 Å². The zero-order valence-electron chi connectivity index (χ0n) is 10.8. The Labute approximate surface area is 129 Å². The maximum Gasteiger partial charge on any atom is 0.272 e. The third kappa shape index (κ3) is 4.22. The van der Waals surface area contributed by atoms with Crippen molar-refractivity contribution < 1.29 is 10.0 Å². The van der Waals surface area contributed by atoms with Crippen molar-refractivity contribution in [2.75, 3.05) is 0 Å². The van der Waals surface area contributed by atoms with Gasteiger partial charge in [-0.2, -0.15) is 5.10 Å². The average Bonchev–Trinajstić information content (AvgIpc) is 2.52. The number of aromatic nitrogens is 1. The number of hydrogen-bond donors (Lipinski definition) is 2. The van der Waals surface area contributed by atoms with E-state index < -0.39 is 5.91 Å². The molecule has 1 heterocycles. The van der Waals surface area contributed by atoms with E-state index in [9.17, 15) is 4.79 Å². The third-order valence-electron chi connectivity index (χ3n) is 2.49. The minimum Gasteiger partial charge on any atom is -0.411 e. The van der Waals surface area contributed by atoms with Crippen LogP contribution in [-0.4, -0.2) is 28.0 Å². The van der Waals surface area contributed by atoms with Crippen LogP contribution in [0.5, 0.6) is 0 Å². The number of oxime groups is 1. The van der Waals surface area contributed by atoms with Crippen LogP contribution >= 0.6 is 15.9 Å². The summed E-state index contributed by atoms with van der Waals surface area (Å²) in [6.45, 7) is 0. The topological polar surface area (TPSA) is 86.9 Å². The molecule has 0 saturated carbocycles. The number of carbonyl (C=O) groups excluding carboxylic acids is 1. The van der Waals surface area contributed by atoms with E-state index in [0.29, 0.717) is 21.3 Å². The maximum atomic E-state index is 12.0. The molecule has 0 unspecified atom stereocenters. The molecule has 106 valence electrons. The standard InChI is InChI=1S/C14H11BrN4O2/c15-12-6-11(7-16-8-12)14(20)19-18-13(9-17-21)10-4-2-1-3-5-10/h1-9,21H,(H,19,20). The molecule has 6 nitrogen and oxygen atoms in total. The number of amides is 1. The fourth-order valence-corrected chi connectivity index (χ4v) is 1.91. The normalized spacial score (nSPS) is 11.6. The Morgan fingerprint density at radius 2 is 2.00 bits per heavy atom. The lowest BCUT2D eigenvalue weighted by Crippen LogP contribution is -2.20. The number of rotatable bonds is 4. The van der Waals surface area contributed by atoms with Gasteiger partial charge < -0.3 is 5.21 Å². The van der Waals surface area contributed by atoms with Crippen LogP contribution in [0.4, 0.5) is 0 Å². The van der Waals surface area contributed by atoms with Crippen molar-refractivity contribution >= 4 is 33.8 Å². The van der Waals surface area contributed by atoms with Gasteiger partial charge in [-0.05, 0) is 22.0 Å². The quantitative estimate of drug-likeness (QED) is 0.506. The molecule has 0 aliphatic rings. The van der Waals surface area contributed by atoms with Crippen molar-refractivity contribution in [2.45, 2.75) is 0 Å². The highest BCUT2D eigenvalue weighted by Crippen LogP contribution is 2.09. The predicted molar refractivity (Wildman–Crippen MR) is 82.7 cm³/mol. The summed E-state index contributed by atoms with van der Waals surface area (Å²) >= 11 is 3.24. The zero-order chi connectivity index (χ0) is 15.1. The second-order valence-corrected chi connectivity index (χ2v) is 4.86. The lowest BCUT2D eigenvalue weighted by molar-refractivity contribution is 0.0954. The van der Waals surface area contributed by atoms with Crippen LogP contribution in [0.2, 0.25) is 0 Å². The van der Waals surface area contributed by atoms with Crippen LogP contribution in [0.3, 0.4) is 0 Å². The van der Waals surface area contributed by atoms with Crippen LogP contribution in [0.15, 0.2) is 63.5 Å². The number of carbonyl (C=O) groups is 1. The molecule has 0 aliphatic heterocycles. The minimum absolute atomic E-state index is 0.328. The van der Waals surface area contributed by atoms with Gasteiger partial charge in [0.2, 0.25) is 0 Å². The zero-order valence-corrected chi connectivity index (χ0v) is 12.4. The Bertz CT molecular complexity index is 686. The lowest BCUT2D eigenvalue weighted by Gasteiger charge is -2.03. The summed E-state index contributed by atoms with van der Waals surface area (Å²) < 4.78 is 0.694. The minimum atomic E-state index is -0.413. The van der Waals surface area contributed by atoms with Gasteiger partial charge in [-0.25, -0.2) is 5.43 Å². The van der Waals surface area contributed by atoms with Gasteiger partial charge in [-0.1, -0.05) is 35.5 Å². The molecule has 0 aliphatic carbocycles. The van der Waals surface area contributed by atoms with Crippen LogP contribution < -0.4 is 5.43 Å². The van der Waals surface area contributed by atoms with Gasteiger partial charge in [-0.3, -0.25) is 9.78 Å². The van der Waals surface area contributed by atoms with E-state index in [1.807, 2.05) is 18.2 Å². The number of nitrogens with zero attached hydrogens (tertiary/aromatic N) is 3. The summed E-state index contributed by atoms with van der Waals surface area (Å²) in [6.07, 6.45) is 4.15. The fraction of sp³-hybridized carbons (Fsp3) is 0. The van der Waals surface area contributed by atoms with Crippen molar-refractivity contribution in [1.82, 2.24) is 10.4 Å². The number of pyridine rings is 1. The van der Waals surface area contributed by atoms with Crippen LogP contribution in [0.25, 0.3) is 0 Å². The van der Waals surface area contributed by atoms with E-state index in [0.717, 1.165) is 6.21 Å². The summed E-state index contributed by atoms with van der Waals surface area (Å²) in [5.74, 6) is -0.413. The van der Waals surface area contributed by atoms with Crippen LogP contribution in [0, 0.1) is 0 Å². The molecule has 1 amide bonds. The third-order valence-corrected chi connectivity index (χ3v) is 2.93. The number of halogens is 1. The van der Waals surface area contributed by atoms with Crippen molar-refractivity contribution in [3.05, 3.63) is 64.4 Å². The molecule has 0 spiro atoms. The number of benzene rings is 1. The average molecular weight is 347 g/mol. The van der Waals surface area contributed by atoms with E-state index in [4.69, 9.17) is 5.21 Å². The highest BCUT2D eigenvalue weighted by molar-refractivity contribution is 9.10. The van der Waals surface area contributed by atoms with E-state index in [2.05, 4.69) is 36.6 Å². The van der Waals surface area contributed by atoms with Gasteiger partial charge in [0, 0.05) is 22.4 Å². The van der Waals surface area contributed by atoms with Gasteiger partial charge in [0.15, 0.2) is 0 Å². The van der Waals surface area contributed by atoms with Crippen molar-refractivity contribution in [1.29, 1.82) is 0 Å². The maximum absolute atomic E-state index is 12.0. The molecular formula is C14H11BrN4O2. The highest BCUT2D eigenvalue weighted by Gasteiger charge is 2.07. The van der Waals surface area contributed by atoms with E-state index in [1.165, 1.54) is 6.20 Å². The molecule has 21 heavy (non-hydrogen) atoms. The molecule has 2 rings (SSSR count). The summed E-state index contributed by atoms with van der Waals surface area (Å²) in [4.78, 5) is 15.9. The smallest absolute Gasteiger partial charge is 0.272 e. The Kier molecular flexibility index (Phi) is 5.16. The van der Waals surface area contributed by atoms with Crippen molar-refractivity contribution in [2.24, 2.45) is 10.3 Å². The molecule has 2 N–H and O–H groups in total. The van der Waals surface area contributed by atoms with E-state index >= 15 is 0 Å². The second kappa shape index (κ2) is 7.30. The Hall–Kier alpha value is -2.54. The van der Waals surface area contributed by atoms with E-state index in [1.54, 1.807) is 24.4 Å². The number of hydrogen-bond acceptors (Lipinski definition) is 5. The number of hydrazone groups is 1. The van der Waals surface area contributed by atoms with Gasteiger partial charge in [0.1, 0.15) is 5.71 Å². The molecule has 7 heteroatoms.